The summed E-state index contributed by atoms with van der Waals surface area (Å²) in [7, 11) is 1.61. The van der Waals surface area contributed by atoms with Gasteiger partial charge >= 0.3 is 0 Å². The number of rotatable bonds is 5. The Labute approximate surface area is 192 Å². The molecule has 1 saturated heterocycles. The van der Waals surface area contributed by atoms with Crippen LogP contribution in [0.1, 0.15) is 51.0 Å². The minimum atomic E-state index is 0.0104. The van der Waals surface area contributed by atoms with Gasteiger partial charge in [-0.3, -0.25) is 4.79 Å². The van der Waals surface area contributed by atoms with Crippen molar-refractivity contribution in [3.05, 3.63) is 76.8 Å². The van der Waals surface area contributed by atoms with Crippen molar-refractivity contribution in [1.82, 2.24) is 29.0 Å². The number of aromatic nitrogens is 5. The number of carbonyl (C=O) groups is 1. The van der Waals surface area contributed by atoms with E-state index in [0.717, 1.165) is 40.4 Å². The number of hydrogen-bond donors (Lipinski definition) is 0. The average molecular weight is 445 g/mol. The monoisotopic (exact) mass is 444 g/mol. The summed E-state index contributed by atoms with van der Waals surface area (Å²) in [6.07, 6.45) is 6.52. The number of hydrogen-bond acceptors (Lipinski definition) is 5. The summed E-state index contributed by atoms with van der Waals surface area (Å²) in [4.78, 5) is 24.2. The Balaban J connectivity index is 1.43. The summed E-state index contributed by atoms with van der Waals surface area (Å²) < 4.78 is 9.58. The van der Waals surface area contributed by atoms with Gasteiger partial charge in [0.2, 0.25) is 0 Å². The second-order valence-electron chi connectivity index (χ2n) is 8.66. The first-order valence-electron chi connectivity index (χ1n) is 11.2. The molecule has 0 spiro atoms. The molecule has 1 fully saturated rings. The molecule has 1 aliphatic heterocycles. The van der Waals surface area contributed by atoms with Gasteiger partial charge in [-0.1, -0.05) is 12.1 Å². The fourth-order valence-corrected chi connectivity index (χ4v) is 4.80. The van der Waals surface area contributed by atoms with E-state index in [1.54, 1.807) is 7.11 Å². The molecule has 1 aliphatic rings. The van der Waals surface area contributed by atoms with Crippen LogP contribution in [0.15, 0.2) is 42.9 Å². The fraction of sp³-hybridized carbons (Fsp3) is 0.360. The summed E-state index contributed by atoms with van der Waals surface area (Å²) in [5.41, 5.74) is 5.58. The van der Waals surface area contributed by atoms with E-state index in [4.69, 9.17) is 9.84 Å². The number of para-hydroxylation sites is 1. The lowest BCUT2D eigenvalue weighted by Crippen LogP contribution is -2.29. The lowest BCUT2D eigenvalue weighted by Gasteiger charge is -2.19. The Morgan fingerprint density at radius 3 is 2.76 bits per heavy atom. The van der Waals surface area contributed by atoms with Gasteiger partial charge < -0.3 is 14.2 Å². The molecule has 170 valence electrons. The van der Waals surface area contributed by atoms with E-state index < -0.39 is 0 Å². The second kappa shape index (κ2) is 8.35. The van der Waals surface area contributed by atoms with Crippen molar-refractivity contribution in [3.8, 4) is 5.75 Å². The number of nitrogens with zero attached hydrogens (tertiary/aromatic N) is 6. The summed E-state index contributed by atoms with van der Waals surface area (Å²) in [6, 6.07) is 7.73. The van der Waals surface area contributed by atoms with E-state index in [1.165, 1.54) is 0 Å². The maximum atomic E-state index is 13.3. The van der Waals surface area contributed by atoms with E-state index in [1.807, 2.05) is 73.0 Å². The van der Waals surface area contributed by atoms with E-state index in [-0.39, 0.29) is 11.8 Å². The molecule has 0 saturated carbocycles. The first-order valence-corrected chi connectivity index (χ1v) is 11.2. The van der Waals surface area contributed by atoms with Crippen LogP contribution in [0.3, 0.4) is 0 Å². The van der Waals surface area contributed by atoms with Gasteiger partial charge in [-0.2, -0.15) is 5.10 Å². The maximum Gasteiger partial charge on any atom is 0.257 e. The van der Waals surface area contributed by atoms with Crippen LogP contribution in [0.5, 0.6) is 5.75 Å². The molecule has 0 aliphatic carbocycles. The Kier molecular flexibility index (Phi) is 5.36. The highest BCUT2D eigenvalue weighted by Gasteiger charge is 2.31. The van der Waals surface area contributed by atoms with Gasteiger partial charge in [-0.25, -0.2) is 14.5 Å². The number of amides is 1. The number of ether oxygens (including phenoxy) is 1. The molecule has 33 heavy (non-hydrogen) atoms. The molecule has 4 heterocycles. The molecule has 0 bridgehead atoms. The molecule has 8 nitrogen and oxygen atoms in total. The highest BCUT2D eigenvalue weighted by atomic mass is 16.5. The number of carbonyl (C=O) groups excluding carboxylic acids is 1. The van der Waals surface area contributed by atoms with Crippen LogP contribution in [0.2, 0.25) is 0 Å². The van der Waals surface area contributed by atoms with Gasteiger partial charge in [-0.05, 0) is 44.9 Å². The number of likely N-dealkylation sites (tertiary alicyclic amines) is 1. The van der Waals surface area contributed by atoms with Gasteiger partial charge in [0.15, 0.2) is 5.65 Å². The SMILES string of the molecule is COc1c(C)cccc1C(=O)N1CC[C@H](c2ccnc3c(Cn4ccnc4C)c(C)nn23)C1. The number of benzene rings is 1. The summed E-state index contributed by atoms with van der Waals surface area (Å²) in [5.74, 6) is 1.81. The minimum Gasteiger partial charge on any atom is -0.496 e. The van der Waals surface area contributed by atoms with Crippen molar-refractivity contribution in [2.45, 2.75) is 39.7 Å². The molecule has 1 aromatic carbocycles. The predicted molar refractivity (Wildman–Crippen MR) is 125 cm³/mol. The maximum absolute atomic E-state index is 13.3. The van der Waals surface area contributed by atoms with E-state index in [0.29, 0.717) is 30.9 Å². The van der Waals surface area contributed by atoms with Gasteiger partial charge in [0.05, 0.1) is 30.6 Å². The standard InChI is InChI=1S/C25H28N6O2/c1-16-6-5-7-20(23(16)33-4)25(32)30-12-9-19(14-30)22-8-10-27-24-21(17(2)28-31(22)24)15-29-13-11-26-18(29)3/h5-8,10-11,13,19H,9,12,14-15H2,1-4H3/t19-/m0/s1. The zero-order valence-electron chi connectivity index (χ0n) is 19.4. The van der Waals surface area contributed by atoms with E-state index >= 15 is 0 Å². The van der Waals surface area contributed by atoms with Crippen molar-refractivity contribution in [1.29, 1.82) is 0 Å². The normalized spacial score (nSPS) is 16.0. The van der Waals surface area contributed by atoms with Crippen LogP contribution in [-0.2, 0) is 6.54 Å². The lowest BCUT2D eigenvalue weighted by atomic mass is 10.0. The molecule has 4 aromatic rings. The number of aryl methyl sites for hydroxylation is 3. The third-order valence-corrected chi connectivity index (χ3v) is 6.64. The fourth-order valence-electron chi connectivity index (χ4n) is 4.80. The van der Waals surface area contributed by atoms with Crippen LogP contribution >= 0.6 is 0 Å². The van der Waals surface area contributed by atoms with Gasteiger partial charge in [-0.15, -0.1) is 0 Å². The third kappa shape index (κ3) is 3.65. The van der Waals surface area contributed by atoms with Gasteiger partial charge in [0.1, 0.15) is 11.6 Å². The topological polar surface area (TPSA) is 77.5 Å². The Hall–Kier alpha value is -3.68. The Morgan fingerprint density at radius 1 is 1.15 bits per heavy atom. The predicted octanol–water partition coefficient (Wildman–Crippen LogP) is 3.54. The first kappa shape index (κ1) is 21.2. The molecule has 5 rings (SSSR count). The second-order valence-corrected chi connectivity index (χ2v) is 8.66. The smallest absolute Gasteiger partial charge is 0.257 e. The molecule has 0 N–H and O–H groups in total. The van der Waals surface area contributed by atoms with Gasteiger partial charge in [0.25, 0.3) is 5.91 Å². The number of imidazole rings is 1. The molecular formula is C25H28N6O2. The Morgan fingerprint density at radius 2 is 2.00 bits per heavy atom. The molecular weight excluding hydrogens is 416 g/mol. The minimum absolute atomic E-state index is 0.0104. The molecule has 0 unspecified atom stereocenters. The summed E-state index contributed by atoms with van der Waals surface area (Å²) >= 11 is 0. The molecule has 1 atom stereocenters. The van der Waals surface area contributed by atoms with E-state index in [2.05, 4.69) is 14.5 Å². The van der Waals surface area contributed by atoms with Crippen LogP contribution in [-0.4, -0.2) is 55.2 Å². The van der Waals surface area contributed by atoms with Crippen LogP contribution in [0.25, 0.3) is 5.65 Å². The third-order valence-electron chi connectivity index (χ3n) is 6.64. The van der Waals surface area contributed by atoms with Crippen molar-refractivity contribution in [3.63, 3.8) is 0 Å². The first-order chi connectivity index (χ1) is 16.0. The van der Waals surface area contributed by atoms with Crippen molar-refractivity contribution in [2.75, 3.05) is 20.2 Å². The molecule has 3 aromatic heterocycles. The van der Waals surface area contributed by atoms with Crippen molar-refractivity contribution in [2.24, 2.45) is 0 Å². The van der Waals surface area contributed by atoms with Crippen LogP contribution in [0, 0.1) is 20.8 Å². The van der Waals surface area contributed by atoms with Crippen molar-refractivity contribution < 1.29 is 9.53 Å². The molecule has 0 radical (unpaired) electrons. The number of fused-ring (bicyclic) bond motifs is 1. The highest BCUT2D eigenvalue weighted by molar-refractivity contribution is 5.97. The average Bonchev–Trinajstić information content (AvgIpc) is 3.53. The van der Waals surface area contributed by atoms with E-state index in [9.17, 15) is 4.79 Å². The van der Waals surface area contributed by atoms with Crippen LogP contribution in [0.4, 0.5) is 0 Å². The zero-order valence-corrected chi connectivity index (χ0v) is 19.4. The van der Waals surface area contributed by atoms with Crippen LogP contribution < -0.4 is 4.74 Å². The largest absolute Gasteiger partial charge is 0.496 e. The Bertz CT molecular complexity index is 1340. The molecule has 1 amide bonds. The molecule has 8 heteroatoms. The van der Waals surface area contributed by atoms with Gasteiger partial charge in [0, 0.05) is 43.2 Å². The summed E-state index contributed by atoms with van der Waals surface area (Å²) in [6.45, 7) is 8.00. The lowest BCUT2D eigenvalue weighted by molar-refractivity contribution is 0.0787. The summed E-state index contributed by atoms with van der Waals surface area (Å²) in [5, 5.41) is 4.83. The van der Waals surface area contributed by atoms with Crippen molar-refractivity contribution >= 4 is 11.6 Å². The highest BCUT2D eigenvalue weighted by Crippen LogP contribution is 2.31. The zero-order chi connectivity index (χ0) is 23.1. The quantitative estimate of drug-likeness (QED) is 0.471. The number of methoxy groups -OCH3 is 1.